The Morgan fingerprint density at radius 1 is 1.70 bits per heavy atom. The molecule has 0 aliphatic rings. The van der Waals surface area contributed by atoms with Crippen LogP contribution < -0.4 is 10.9 Å². The molecule has 0 fully saturated rings. The van der Waals surface area contributed by atoms with Gasteiger partial charge in [0.1, 0.15) is 5.35 Å². The number of rotatable bonds is 0. The van der Waals surface area contributed by atoms with Gasteiger partial charge in [-0.15, -0.1) is 0 Å². The minimum atomic E-state index is -0.178. The second-order valence-corrected chi connectivity index (χ2v) is 2.02. The van der Waals surface area contributed by atoms with Crippen LogP contribution in [0.25, 0.3) is 12.4 Å². The smallest absolute Gasteiger partial charge is 0.274 e. The standard InChI is InChI=1S/C6H5N3O/c1-4-5(10)8-6-7-2-3-9(4)6/h2-3H,1H2,(H,7,8,10). The number of fused-ring (bicyclic) bond motifs is 1. The monoisotopic (exact) mass is 135 g/mol. The number of aromatic amines is 1. The van der Waals surface area contributed by atoms with Gasteiger partial charge in [-0.25, -0.2) is 4.98 Å². The summed E-state index contributed by atoms with van der Waals surface area (Å²) in [4.78, 5) is 17.2. The Kier molecular flexibility index (Phi) is 0.768. The van der Waals surface area contributed by atoms with Crippen LogP contribution in [0.3, 0.4) is 0 Å². The molecule has 2 aromatic rings. The van der Waals surface area contributed by atoms with Gasteiger partial charge in [0, 0.05) is 12.4 Å². The molecule has 1 N–H and O–H groups in total. The Bertz CT molecular complexity index is 453. The van der Waals surface area contributed by atoms with Crippen LogP contribution in [0.4, 0.5) is 0 Å². The van der Waals surface area contributed by atoms with Crippen molar-refractivity contribution in [3.8, 4) is 0 Å². The quantitative estimate of drug-likeness (QED) is 0.511. The summed E-state index contributed by atoms with van der Waals surface area (Å²) >= 11 is 0. The van der Waals surface area contributed by atoms with Crippen LogP contribution in [-0.4, -0.2) is 14.4 Å². The number of nitrogens with zero attached hydrogens (tertiary/aromatic N) is 2. The lowest BCUT2D eigenvalue weighted by atomic mass is 10.7. The molecule has 0 bridgehead atoms. The van der Waals surface area contributed by atoms with E-state index in [9.17, 15) is 4.79 Å². The van der Waals surface area contributed by atoms with Crippen LogP contribution >= 0.6 is 0 Å². The van der Waals surface area contributed by atoms with E-state index in [4.69, 9.17) is 0 Å². The number of imidazole rings is 2. The van der Waals surface area contributed by atoms with Gasteiger partial charge in [-0.3, -0.25) is 14.2 Å². The summed E-state index contributed by atoms with van der Waals surface area (Å²) in [6.45, 7) is 3.56. The number of hydrogen-bond acceptors (Lipinski definition) is 2. The number of aromatic nitrogens is 3. The van der Waals surface area contributed by atoms with E-state index < -0.39 is 0 Å². The Balaban J connectivity index is 3.24. The molecule has 2 aromatic heterocycles. The average molecular weight is 135 g/mol. The summed E-state index contributed by atoms with van der Waals surface area (Å²) in [6, 6.07) is 0. The Hall–Kier alpha value is -1.58. The lowest BCUT2D eigenvalue weighted by molar-refractivity contribution is 1.16. The first-order valence-corrected chi connectivity index (χ1v) is 2.83. The first-order valence-electron chi connectivity index (χ1n) is 2.83. The summed E-state index contributed by atoms with van der Waals surface area (Å²) in [5.41, 5.74) is -0.178. The van der Waals surface area contributed by atoms with Crippen molar-refractivity contribution in [1.82, 2.24) is 14.4 Å². The predicted octanol–water partition coefficient (Wildman–Crippen LogP) is -0.848. The van der Waals surface area contributed by atoms with Gasteiger partial charge >= 0.3 is 0 Å². The van der Waals surface area contributed by atoms with Crippen molar-refractivity contribution in [3.05, 3.63) is 28.1 Å². The third-order valence-corrected chi connectivity index (χ3v) is 1.42. The molecule has 2 heterocycles. The molecule has 0 aliphatic carbocycles. The van der Waals surface area contributed by atoms with E-state index in [1.807, 2.05) is 0 Å². The molecule has 0 spiro atoms. The van der Waals surface area contributed by atoms with Gasteiger partial charge in [0.25, 0.3) is 5.56 Å². The van der Waals surface area contributed by atoms with Crippen LogP contribution in [0, 0.1) is 0 Å². The van der Waals surface area contributed by atoms with E-state index in [-0.39, 0.29) is 5.56 Å². The van der Waals surface area contributed by atoms with Crippen LogP contribution in [0.2, 0.25) is 0 Å². The van der Waals surface area contributed by atoms with Gasteiger partial charge in [-0.05, 0) is 0 Å². The largest absolute Gasteiger partial charge is 0.290 e. The lowest BCUT2D eigenvalue weighted by Gasteiger charge is -1.74. The molecular formula is C6H5N3O. The van der Waals surface area contributed by atoms with Gasteiger partial charge in [-0.2, -0.15) is 0 Å². The maximum absolute atomic E-state index is 10.8. The molecule has 0 saturated carbocycles. The molecule has 50 valence electrons. The van der Waals surface area contributed by atoms with Crippen molar-refractivity contribution in [1.29, 1.82) is 0 Å². The first-order chi connectivity index (χ1) is 4.79. The van der Waals surface area contributed by atoms with Crippen LogP contribution in [-0.2, 0) is 0 Å². The molecule has 0 saturated heterocycles. The predicted molar refractivity (Wildman–Crippen MR) is 36.6 cm³/mol. The maximum Gasteiger partial charge on any atom is 0.274 e. The third kappa shape index (κ3) is 0.452. The van der Waals surface area contributed by atoms with E-state index in [2.05, 4.69) is 16.5 Å². The fourth-order valence-corrected chi connectivity index (χ4v) is 0.897. The van der Waals surface area contributed by atoms with E-state index >= 15 is 0 Å². The summed E-state index contributed by atoms with van der Waals surface area (Å²) in [5, 5.41) is 0.424. The minimum absolute atomic E-state index is 0.178. The molecule has 0 aliphatic heterocycles. The van der Waals surface area contributed by atoms with E-state index in [1.165, 1.54) is 0 Å². The van der Waals surface area contributed by atoms with Crippen molar-refractivity contribution in [2.75, 3.05) is 0 Å². The molecule has 0 aromatic carbocycles. The molecule has 0 radical (unpaired) electrons. The van der Waals surface area contributed by atoms with Crippen molar-refractivity contribution >= 4 is 12.4 Å². The molecule has 10 heavy (non-hydrogen) atoms. The maximum atomic E-state index is 10.8. The SMILES string of the molecule is C=c1c(=O)[nH]c2nccn12. The van der Waals surface area contributed by atoms with E-state index in [0.29, 0.717) is 11.1 Å². The molecule has 2 rings (SSSR count). The second kappa shape index (κ2) is 1.47. The van der Waals surface area contributed by atoms with Gasteiger partial charge in [0.05, 0.1) is 0 Å². The minimum Gasteiger partial charge on any atom is -0.290 e. The average Bonchev–Trinajstić information content (AvgIpc) is 2.41. The van der Waals surface area contributed by atoms with Crippen molar-refractivity contribution < 1.29 is 0 Å². The molecule has 0 unspecified atom stereocenters. The van der Waals surface area contributed by atoms with Crippen LogP contribution in [0.1, 0.15) is 0 Å². The zero-order valence-electron chi connectivity index (χ0n) is 5.16. The topological polar surface area (TPSA) is 50.2 Å². The third-order valence-electron chi connectivity index (χ3n) is 1.42. The first kappa shape index (κ1) is 5.22. The zero-order chi connectivity index (χ0) is 7.14. The molecular weight excluding hydrogens is 130 g/mol. The van der Waals surface area contributed by atoms with Gasteiger partial charge in [0.15, 0.2) is 0 Å². The highest BCUT2D eigenvalue weighted by Crippen LogP contribution is 1.84. The van der Waals surface area contributed by atoms with Crippen molar-refractivity contribution in [2.45, 2.75) is 0 Å². The molecule has 0 atom stereocenters. The summed E-state index contributed by atoms with van der Waals surface area (Å²) in [5.74, 6) is 0.551. The lowest BCUT2D eigenvalue weighted by Crippen LogP contribution is -2.23. The molecule has 4 nitrogen and oxygen atoms in total. The van der Waals surface area contributed by atoms with Gasteiger partial charge < -0.3 is 0 Å². The fraction of sp³-hybridized carbons (Fsp3) is 0. The molecule has 4 heteroatoms. The number of H-pyrrole nitrogens is 1. The van der Waals surface area contributed by atoms with Crippen LogP contribution in [0.15, 0.2) is 17.2 Å². The highest BCUT2D eigenvalue weighted by atomic mass is 16.1. The molecule has 0 amide bonds. The van der Waals surface area contributed by atoms with E-state index in [1.54, 1.807) is 16.8 Å². The van der Waals surface area contributed by atoms with Gasteiger partial charge in [-0.1, -0.05) is 6.58 Å². The Morgan fingerprint density at radius 3 is 3.20 bits per heavy atom. The zero-order valence-corrected chi connectivity index (χ0v) is 5.16. The Labute approximate surface area is 55.8 Å². The van der Waals surface area contributed by atoms with Gasteiger partial charge in [0.2, 0.25) is 5.78 Å². The highest BCUT2D eigenvalue weighted by molar-refractivity contribution is 5.28. The summed E-state index contributed by atoms with van der Waals surface area (Å²) in [6.07, 6.45) is 3.30. The number of nitrogens with one attached hydrogen (secondary N) is 1. The highest BCUT2D eigenvalue weighted by Gasteiger charge is 1.97. The summed E-state index contributed by atoms with van der Waals surface area (Å²) < 4.78 is 1.61. The Morgan fingerprint density at radius 2 is 2.50 bits per heavy atom. The summed E-state index contributed by atoms with van der Waals surface area (Å²) in [7, 11) is 0. The van der Waals surface area contributed by atoms with Crippen molar-refractivity contribution in [2.24, 2.45) is 0 Å². The normalized spacial score (nSPS) is 10.8. The fourth-order valence-electron chi connectivity index (χ4n) is 0.897. The number of hydrogen-bond donors (Lipinski definition) is 1. The van der Waals surface area contributed by atoms with Crippen molar-refractivity contribution in [3.63, 3.8) is 0 Å². The van der Waals surface area contributed by atoms with E-state index in [0.717, 1.165) is 0 Å². The second-order valence-electron chi connectivity index (χ2n) is 2.02. The van der Waals surface area contributed by atoms with Crippen LogP contribution in [0.5, 0.6) is 0 Å².